The van der Waals surface area contributed by atoms with Crippen LogP contribution in [0.5, 0.6) is 0 Å². The van der Waals surface area contributed by atoms with Crippen molar-refractivity contribution < 1.29 is 9.90 Å². The van der Waals surface area contributed by atoms with Gasteiger partial charge < -0.3 is 15.3 Å². The van der Waals surface area contributed by atoms with Crippen molar-refractivity contribution in [2.75, 3.05) is 19.6 Å². The second-order valence-electron chi connectivity index (χ2n) is 2.86. The van der Waals surface area contributed by atoms with E-state index in [-0.39, 0.29) is 5.91 Å². The minimum atomic E-state index is -0.996. The van der Waals surface area contributed by atoms with Gasteiger partial charge in [-0.3, -0.25) is 4.79 Å². The molecule has 1 unspecified atom stereocenters. The molecule has 0 aromatic heterocycles. The van der Waals surface area contributed by atoms with E-state index < -0.39 is 6.23 Å². The molecule has 2 N–H and O–H groups in total. The van der Waals surface area contributed by atoms with Crippen LogP contribution in [-0.2, 0) is 4.79 Å². The number of aliphatic hydroxyl groups is 1. The van der Waals surface area contributed by atoms with Crippen molar-refractivity contribution in [1.29, 1.82) is 0 Å². The predicted octanol–water partition coefficient (Wildman–Crippen LogP) is -0.0130. The molecule has 0 aliphatic rings. The molecular weight excluding hydrogens is 168 g/mol. The number of carbonyl (C=O) groups excluding carboxylic acids is 1. The van der Waals surface area contributed by atoms with Gasteiger partial charge in [-0.15, -0.1) is 0 Å². The smallest absolute Gasteiger partial charge is 0.223 e. The number of nitrogens with zero attached hydrogens (tertiary/aromatic N) is 1. The number of hydrogen-bond acceptors (Lipinski definition) is 3. The summed E-state index contributed by atoms with van der Waals surface area (Å²) in [6.07, 6.45) is -0.585. The maximum Gasteiger partial charge on any atom is 0.223 e. The molecule has 0 aromatic rings. The molecule has 4 nitrogen and oxygen atoms in total. The average Bonchev–Trinajstić information content (AvgIpc) is 2.05. The van der Waals surface area contributed by atoms with Crippen molar-refractivity contribution in [3.05, 3.63) is 6.92 Å². The number of amides is 1. The van der Waals surface area contributed by atoms with Crippen molar-refractivity contribution in [2.45, 2.75) is 26.5 Å². The van der Waals surface area contributed by atoms with Gasteiger partial charge in [0.1, 0.15) is 6.23 Å². The van der Waals surface area contributed by atoms with Crippen LogP contribution in [0, 0.1) is 6.92 Å². The van der Waals surface area contributed by atoms with Crippen molar-refractivity contribution in [2.24, 2.45) is 0 Å². The summed E-state index contributed by atoms with van der Waals surface area (Å²) in [6, 6.07) is 0. The van der Waals surface area contributed by atoms with E-state index in [0.717, 1.165) is 19.6 Å². The number of aliphatic hydroxyl groups excluding tert-OH is 1. The molecule has 1 amide bonds. The molecule has 0 saturated carbocycles. The van der Waals surface area contributed by atoms with Crippen molar-refractivity contribution in [1.82, 2.24) is 10.2 Å². The zero-order valence-electron chi connectivity index (χ0n) is 8.42. The Labute approximate surface area is 79.9 Å². The Balaban J connectivity index is 3.56. The number of hydrogen-bond donors (Lipinski definition) is 2. The van der Waals surface area contributed by atoms with Gasteiger partial charge in [-0.2, -0.15) is 0 Å². The van der Waals surface area contributed by atoms with Gasteiger partial charge in [0.25, 0.3) is 0 Å². The molecule has 1 atom stereocenters. The van der Waals surface area contributed by atoms with Gasteiger partial charge >= 0.3 is 0 Å². The molecule has 0 spiro atoms. The zero-order valence-corrected chi connectivity index (χ0v) is 8.42. The summed E-state index contributed by atoms with van der Waals surface area (Å²) in [4.78, 5) is 13.2. The van der Waals surface area contributed by atoms with Crippen molar-refractivity contribution >= 4 is 5.91 Å². The minimum absolute atomic E-state index is 0.158. The van der Waals surface area contributed by atoms with E-state index in [4.69, 9.17) is 5.11 Å². The van der Waals surface area contributed by atoms with Crippen LogP contribution in [0.2, 0.25) is 0 Å². The van der Waals surface area contributed by atoms with E-state index in [1.807, 2.05) is 0 Å². The molecule has 0 aliphatic heterocycles. The van der Waals surface area contributed by atoms with Crippen LogP contribution in [-0.4, -0.2) is 41.8 Å². The lowest BCUT2D eigenvalue weighted by atomic mass is 10.3. The number of carbonyl (C=O) groups is 1. The van der Waals surface area contributed by atoms with Gasteiger partial charge in [-0.25, -0.2) is 0 Å². The highest BCUT2D eigenvalue weighted by atomic mass is 16.3. The largest absolute Gasteiger partial charge is 0.374 e. The fourth-order valence-corrected chi connectivity index (χ4v) is 1.06. The lowest BCUT2D eigenvalue weighted by Gasteiger charge is -2.17. The second-order valence-corrected chi connectivity index (χ2v) is 2.86. The Bertz CT molecular complexity index is 145. The van der Waals surface area contributed by atoms with Crippen LogP contribution in [0.4, 0.5) is 0 Å². The number of rotatable bonds is 6. The normalized spacial score (nSPS) is 13.0. The summed E-state index contributed by atoms with van der Waals surface area (Å²) in [7, 11) is 0. The summed E-state index contributed by atoms with van der Waals surface area (Å²) in [5, 5.41) is 11.1. The molecule has 0 bridgehead atoms. The quantitative estimate of drug-likeness (QED) is 0.575. The van der Waals surface area contributed by atoms with Crippen LogP contribution in [0.25, 0.3) is 0 Å². The molecule has 0 saturated heterocycles. The Morgan fingerprint density at radius 3 is 2.46 bits per heavy atom. The van der Waals surface area contributed by atoms with E-state index in [1.54, 1.807) is 0 Å². The fraction of sp³-hybridized carbons (Fsp3) is 0.778. The standard InChI is InChI=1S/C9H19N2O2/c1-4-11(5-2)7-6-9(13)10-8(3)12/h8,12H,3-7H2,1-2H3,(H,10,13). The van der Waals surface area contributed by atoms with Crippen LogP contribution >= 0.6 is 0 Å². The summed E-state index contributed by atoms with van der Waals surface area (Å²) in [5.41, 5.74) is 0. The monoisotopic (exact) mass is 187 g/mol. The van der Waals surface area contributed by atoms with Gasteiger partial charge in [0, 0.05) is 13.0 Å². The fourth-order valence-electron chi connectivity index (χ4n) is 1.06. The first-order chi connectivity index (χ1) is 6.10. The summed E-state index contributed by atoms with van der Waals surface area (Å²) in [5.74, 6) is -0.158. The third-order valence-electron chi connectivity index (χ3n) is 1.88. The molecule has 0 rings (SSSR count). The first-order valence-electron chi connectivity index (χ1n) is 4.63. The van der Waals surface area contributed by atoms with E-state index in [1.165, 1.54) is 0 Å². The van der Waals surface area contributed by atoms with Crippen molar-refractivity contribution in [3.63, 3.8) is 0 Å². The molecule has 0 heterocycles. The first kappa shape index (κ1) is 12.4. The minimum Gasteiger partial charge on any atom is -0.374 e. The van der Waals surface area contributed by atoms with Crippen molar-refractivity contribution in [3.8, 4) is 0 Å². The van der Waals surface area contributed by atoms with E-state index in [2.05, 4.69) is 31.0 Å². The Hall–Kier alpha value is -0.610. The molecule has 0 aliphatic carbocycles. The third kappa shape index (κ3) is 6.54. The highest BCUT2D eigenvalue weighted by Gasteiger charge is 2.06. The lowest BCUT2D eigenvalue weighted by molar-refractivity contribution is -0.123. The van der Waals surface area contributed by atoms with Crippen LogP contribution < -0.4 is 5.32 Å². The highest BCUT2D eigenvalue weighted by molar-refractivity contribution is 5.76. The van der Waals surface area contributed by atoms with Crippen LogP contribution in [0.1, 0.15) is 20.3 Å². The zero-order chi connectivity index (χ0) is 10.3. The van der Waals surface area contributed by atoms with E-state index >= 15 is 0 Å². The Morgan fingerprint density at radius 1 is 1.54 bits per heavy atom. The third-order valence-corrected chi connectivity index (χ3v) is 1.88. The molecule has 0 fully saturated rings. The Morgan fingerprint density at radius 2 is 2.08 bits per heavy atom. The van der Waals surface area contributed by atoms with Gasteiger partial charge in [0.05, 0.1) is 0 Å². The second kappa shape index (κ2) is 6.86. The molecule has 13 heavy (non-hydrogen) atoms. The highest BCUT2D eigenvalue weighted by Crippen LogP contribution is 1.90. The van der Waals surface area contributed by atoms with Crippen LogP contribution in [0.3, 0.4) is 0 Å². The predicted molar refractivity (Wildman–Crippen MR) is 51.9 cm³/mol. The van der Waals surface area contributed by atoms with Gasteiger partial charge in [0.2, 0.25) is 5.91 Å². The topological polar surface area (TPSA) is 52.6 Å². The first-order valence-corrected chi connectivity index (χ1v) is 4.63. The SMILES string of the molecule is [CH2]C(O)NC(=O)CCN(CC)CC. The van der Waals surface area contributed by atoms with Gasteiger partial charge in [-0.1, -0.05) is 13.8 Å². The van der Waals surface area contributed by atoms with Gasteiger partial charge in [0.15, 0.2) is 0 Å². The lowest BCUT2D eigenvalue weighted by Crippen LogP contribution is -2.35. The Kier molecular flexibility index (Phi) is 6.54. The summed E-state index contributed by atoms with van der Waals surface area (Å²) in [6.45, 7) is 9.97. The maximum absolute atomic E-state index is 11.1. The maximum atomic E-state index is 11.1. The van der Waals surface area contributed by atoms with Gasteiger partial charge in [-0.05, 0) is 20.0 Å². The number of nitrogens with one attached hydrogen (secondary N) is 1. The molecule has 77 valence electrons. The summed E-state index contributed by atoms with van der Waals surface area (Å²) < 4.78 is 0. The molecule has 1 radical (unpaired) electrons. The average molecular weight is 187 g/mol. The summed E-state index contributed by atoms with van der Waals surface area (Å²) >= 11 is 0. The van der Waals surface area contributed by atoms with E-state index in [0.29, 0.717) is 6.42 Å². The molecule has 0 aromatic carbocycles. The molecule has 4 heteroatoms. The van der Waals surface area contributed by atoms with Crippen LogP contribution in [0.15, 0.2) is 0 Å². The molecular formula is C9H19N2O2. The van der Waals surface area contributed by atoms with E-state index in [9.17, 15) is 4.79 Å².